The molecule has 18 heavy (non-hydrogen) atoms. The summed E-state index contributed by atoms with van der Waals surface area (Å²) in [5.41, 5.74) is 2.86. The van der Waals surface area contributed by atoms with Gasteiger partial charge in [-0.2, -0.15) is 0 Å². The highest BCUT2D eigenvalue weighted by atomic mass is 35.5. The predicted octanol–water partition coefficient (Wildman–Crippen LogP) is 3.50. The van der Waals surface area contributed by atoms with Crippen molar-refractivity contribution in [1.82, 2.24) is 10.2 Å². The lowest BCUT2D eigenvalue weighted by Crippen LogP contribution is -2.06. The second-order valence-electron chi connectivity index (χ2n) is 4.07. The molecule has 0 unspecified atom stereocenters. The fourth-order valence-corrected chi connectivity index (χ4v) is 1.71. The van der Waals surface area contributed by atoms with Crippen molar-refractivity contribution in [1.29, 1.82) is 0 Å². The average molecular weight is 266 g/mol. The van der Waals surface area contributed by atoms with Crippen molar-refractivity contribution in [2.75, 3.05) is 5.32 Å². The van der Waals surface area contributed by atoms with Gasteiger partial charge < -0.3 is 5.32 Å². The molecule has 0 aliphatic carbocycles. The van der Waals surface area contributed by atoms with E-state index in [0.717, 1.165) is 16.7 Å². The Bertz CT molecular complexity index is 555. The quantitative estimate of drug-likeness (QED) is 0.923. The van der Waals surface area contributed by atoms with Crippen LogP contribution in [0, 0.1) is 19.7 Å². The maximum atomic E-state index is 12.8. The van der Waals surface area contributed by atoms with E-state index in [1.54, 1.807) is 12.1 Å². The SMILES string of the molecule is Cc1c(Cl)nnc(NCc2ccc(F)cc2)c1C. The Morgan fingerprint density at radius 1 is 1.11 bits per heavy atom. The molecule has 0 amide bonds. The molecule has 5 heteroatoms. The first-order valence-electron chi connectivity index (χ1n) is 5.55. The van der Waals surface area contributed by atoms with Crippen LogP contribution in [0.1, 0.15) is 16.7 Å². The monoisotopic (exact) mass is 265 g/mol. The van der Waals surface area contributed by atoms with Crippen LogP contribution in [0.2, 0.25) is 5.15 Å². The number of anilines is 1. The Labute approximate surface area is 110 Å². The Kier molecular flexibility index (Phi) is 3.77. The molecule has 0 aliphatic heterocycles. The van der Waals surface area contributed by atoms with Crippen LogP contribution in [-0.2, 0) is 6.54 Å². The summed E-state index contributed by atoms with van der Waals surface area (Å²) in [5.74, 6) is 0.457. The van der Waals surface area contributed by atoms with Crippen molar-refractivity contribution in [2.24, 2.45) is 0 Å². The second kappa shape index (κ2) is 5.31. The smallest absolute Gasteiger partial charge is 0.155 e. The van der Waals surface area contributed by atoms with Gasteiger partial charge in [0.25, 0.3) is 0 Å². The summed E-state index contributed by atoms with van der Waals surface area (Å²) in [6.45, 7) is 4.40. The molecule has 0 bridgehead atoms. The third-order valence-corrected chi connectivity index (χ3v) is 3.20. The number of hydrogen-bond acceptors (Lipinski definition) is 3. The molecule has 0 saturated carbocycles. The lowest BCUT2D eigenvalue weighted by molar-refractivity contribution is 0.627. The van der Waals surface area contributed by atoms with Gasteiger partial charge in [0, 0.05) is 6.54 Å². The molecule has 1 aromatic carbocycles. The van der Waals surface area contributed by atoms with Gasteiger partial charge in [-0.3, -0.25) is 0 Å². The van der Waals surface area contributed by atoms with Crippen LogP contribution in [-0.4, -0.2) is 10.2 Å². The molecule has 0 saturated heterocycles. The van der Waals surface area contributed by atoms with E-state index in [1.807, 2.05) is 13.8 Å². The molecule has 1 heterocycles. The van der Waals surface area contributed by atoms with Crippen LogP contribution >= 0.6 is 11.6 Å². The largest absolute Gasteiger partial charge is 0.364 e. The summed E-state index contributed by atoms with van der Waals surface area (Å²) in [7, 11) is 0. The molecule has 94 valence electrons. The zero-order valence-corrected chi connectivity index (χ0v) is 10.9. The Balaban J connectivity index is 2.11. The summed E-state index contributed by atoms with van der Waals surface area (Å²) in [6.07, 6.45) is 0. The minimum Gasteiger partial charge on any atom is -0.364 e. The summed E-state index contributed by atoms with van der Waals surface area (Å²) in [4.78, 5) is 0. The topological polar surface area (TPSA) is 37.8 Å². The first-order chi connectivity index (χ1) is 8.58. The number of rotatable bonds is 3. The Morgan fingerprint density at radius 3 is 2.44 bits per heavy atom. The zero-order valence-electron chi connectivity index (χ0n) is 10.2. The van der Waals surface area contributed by atoms with Crippen molar-refractivity contribution in [2.45, 2.75) is 20.4 Å². The summed E-state index contributed by atoms with van der Waals surface area (Å²) in [6, 6.07) is 6.33. The molecule has 0 radical (unpaired) electrons. The average Bonchev–Trinajstić information content (AvgIpc) is 2.37. The van der Waals surface area contributed by atoms with E-state index >= 15 is 0 Å². The van der Waals surface area contributed by atoms with Gasteiger partial charge in [0.15, 0.2) is 11.0 Å². The van der Waals surface area contributed by atoms with Crippen LogP contribution in [0.4, 0.5) is 10.2 Å². The molecule has 2 rings (SSSR count). The number of hydrogen-bond donors (Lipinski definition) is 1. The molecular weight excluding hydrogens is 253 g/mol. The first-order valence-corrected chi connectivity index (χ1v) is 5.93. The lowest BCUT2D eigenvalue weighted by Gasteiger charge is -2.10. The molecule has 3 nitrogen and oxygen atoms in total. The van der Waals surface area contributed by atoms with Crippen molar-refractivity contribution in [3.63, 3.8) is 0 Å². The standard InChI is InChI=1S/C13H13ClFN3/c1-8-9(2)13(18-17-12(8)14)16-7-10-3-5-11(15)6-4-10/h3-6H,7H2,1-2H3,(H,16,18). The molecule has 0 fully saturated rings. The summed E-state index contributed by atoms with van der Waals surface area (Å²) >= 11 is 5.88. The fraction of sp³-hybridized carbons (Fsp3) is 0.231. The van der Waals surface area contributed by atoms with E-state index in [9.17, 15) is 4.39 Å². The Morgan fingerprint density at radius 2 is 1.78 bits per heavy atom. The maximum Gasteiger partial charge on any atom is 0.155 e. The van der Waals surface area contributed by atoms with E-state index in [0.29, 0.717) is 17.5 Å². The van der Waals surface area contributed by atoms with E-state index < -0.39 is 0 Å². The minimum atomic E-state index is -0.239. The summed E-state index contributed by atoms with van der Waals surface area (Å²) in [5, 5.41) is 11.4. The minimum absolute atomic E-state index is 0.239. The van der Waals surface area contributed by atoms with Crippen molar-refractivity contribution < 1.29 is 4.39 Å². The van der Waals surface area contributed by atoms with E-state index in [-0.39, 0.29) is 5.82 Å². The molecule has 2 aromatic rings. The number of benzene rings is 1. The molecule has 0 aliphatic rings. The Hall–Kier alpha value is -1.68. The normalized spacial score (nSPS) is 10.4. The number of nitrogens with one attached hydrogen (secondary N) is 1. The summed E-state index contributed by atoms with van der Waals surface area (Å²) < 4.78 is 12.8. The van der Waals surface area contributed by atoms with E-state index in [1.165, 1.54) is 12.1 Å². The van der Waals surface area contributed by atoms with Crippen molar-refractivity contribution >= 4 is 17.4 Å². The highest BCUT2D eigenvalue weighted by Crippen LogP contribution is 2.20. The van der Waals surface area contributed by atoms with E-state index in [2.05, 4.69) is 15.5 Å². The number of aromatic nitrogens is 2. The van der Waals surface area contributed by atoms with Crippen LogP contribution < -0.4 is 5.32 Å². The molecule has 0 atom stereocenters. The van der Waals surface area contributed by atoms with E-state index in [4.69, 9.17) is 11.6 Å². The van der Waals surface area contributed by atoms with Gasteiger partial charge in [-0.15, -0.1) is 10.2 Å². The fourth-order valence-electron chi connectivity index (χ4n) is 1.53. The van der Waals surface area contributed by atoms with Gasteiger partial charge >= 0.3 is 0 Å². The van der Waals surface area contributed by atoms with Crippen molar-refractivity contribution in [3.8, 4) is 0 Å². The third-order valence-electron chi connectivity index (χ3n) is 2.84. The van der Waals surface area contributed by atoms with Gasteiger partial charge in [0.05, 0.1) is 0 Å². The van der Waals surface area contributed by atoms with Crippen LogP contribution in [0.5, 0.6) is 0 Å². The molecule has 1 aromatic heterocycles. The lowest BCUT2D eigenvalue weighted by atomic mass is 10.2. The van der Waals surface area contributed by atoms with Gasteiger partial charge in [0.1, 0.15) is 5.82 Å². The van der Waals surface area contributed by atoms with Gasteiger partial charge in [-0.05, 0) is 42.7 Å². The molecule has 1 N–H and O–H groups in total. The van der Waals surface area contributed by atoms with Gasteiger partial charge in [-0.1, -0.05) is 23.7 Å². The highest BCUT2D eigenvalue weighted by Gasteiger charge is 2.07. The van der Waals surface area contributed by atoms with Crippen LogP contribution in [0.15, 0.2) is 24.3 Å². The third kappa shape index (κ3) is 2.76. The van der Waals surface area contributed by atoms with Gasteiger partial charge in [0.2, 0.25) is 0 Å². The predicted molar refractivity (Wildman–Crippen MR) is 70.2 cm³/mol. The van der Waals surface area contributed by atoms with Crippen LogP contribution in [0.25, 0.3) is 0 Å². The second-order valence-corrected chi connectivity index (χ2v) is 4.43. The first kappa shape index (κ1) is 12.8. The van der Waals surface area contributed by atoms with Crippen molar-refractivity contribution in [3.05, 3.63) is 51.9 Å². The molecular formula is C13H13ClFN3. The van der Waals surface area contributed by atoms with Crippen LogP contribution in [0.3, 0.4) is 0 Å². The zero-order chi connectivity index (χ0) is 13.1. The molecule has 0 spiro atoms. The number of nitrogens with zero attached hydrogens (tertiary/aromatic N) is 2. The highest BCUT2D eigenvalue weighted by molar-refractivity contribution is 6.30. The number of halogens is 2. The van der Waals surface area contributed by atoms with Gasteiger partial charge in [-0.25, -0.2) is 4.39 Å². The maximum absolute atomic E-state index is 12.8.